The molecule has 0 aromatic heterocycles. The third-order valence-corrected chi connectivity index (χ3v) is 5.03. The molecule has 0 bridgehead atoms. The molecule has 2 unspecified atom stereocenters. The summed E-state index contributed by atoms with van der Waals surface area (Å²) in [5.41, 5.74) is 1.49. The van der Waals surface area contributed by atoms with Crippen LogP contribution in [0.5, 0.6) is 0 Å². The maximum absolute atomic E-state index is 13.2. The largest absolute Gasteiger partial charge is 0.356 e. The number of carbonyl (C=O) groups is 2. The average molecular weight is 383 g/mol. The summed E-state index contributed by atoms with van der Waals surface area (Å²) in [4.78, 5) is 26.6. The quantitative estimate of drug-likeness (QED) is 0.804. The molecule has 2 aromatic carbocycles. The minimum Gasteiger partial charge on any atom is -0.356 e. The molecule has 2 amide bonds. The maximum atomic E-state index is 13.2. The van der Waals surface area contributed by atoms with E-state index in [1.54, 1.807) is 12.1 Å². The monoisotopic (exact) mass is 383 g/mol. The zero-order chi connectivity index (χ0) is 19.9. The fraction of sp³-hybridized carbons (Fsp3) is 0.364. The van der Waals surface area contributed by atoms with Gasteiger partial charge in [0.2, 0.25) is 11.8 Å². The van der Waals surface area contributed by atoms with Crippen LogP contribution in [-0.2, 0) is 9.59 Å². The maximum Gasteiger partial charge on any atom is 0.246 e. The molecular weight excluding hydrogens is 357 g/mol. The second-order valence-electron chi connectivity index (χ2n) is 7.25. The van der Waals surface area contributed by atoms with Crippen molar-refractivity contribution in [3.05, 3.63) is 66.0 Å². The average Bonchev–Trinajstić information content (AvgIpc) is 2.69. The number of carbonyl (C=O) groups excluding carboxylic acids is 2. The minimum absolute atomic E-state index is 0.0363. The van der Waals surface area contributed by atoms with Crippen molar-refractivity contribution < 1.29 is 14.0 Å². The highest BCUT2D eigenvalue weighted by Crippen LogP contribution is 2.28. The molecule has 28 heavy (non-hydrogen) atoms. The van der Waals surface area contributed by atoms with Gasteiger partial charge in [-0.2, -0.15) is 0 Å². The molecule has 0 spiro atoms. The van der Waals surface area contributed by atoms with Crippen molar-refractivity contribution in [1.29, 1.82) is 0 Å². The number of amides is 2. The second-order valence-corrected chi connectivity index (χ2v) is 7.25. The second kappa shape index (κ2) is 9.46. The molecule has 0 saturated carbocycles. The Morgan fingerprint density at radius 2 is 1.86 bits per heavy atom. The Hall–Kier alpha value is -2.73. The van der Waals surface area contributed by atoms with Crippen LogP contribution in [0.4, 0.5) is 10.1 Å². The van der Waals surface area contributed by atoms with E-state index >= 15 is 0 Å². The lowest BCUT2D eigenvalue weighted by molar-refractivity contribution is -0.123. The number of piperidine rings is 1. The first-order chi connectivity index (χ1) is 13.5. The summed E-state index contributed by atoms with van der Waals surface area (Å²) < 4.78 is 13.2. The van der Waals surface area contributed by atoms with Crippen LogP contribution >= 0.6 is 0 Å². The van der Waals surface area contributed by atoms with Gasteiger partial charge in [-0.3, -0.25) is 14.5 Å². The topological polar surface area (TPSA) is 61.4 Å². The first kappa shape index (κ1) is 20.0. The van der Waals surface area contributed by atoms with Gasteiger partial charge in [0.25, 0.3) is 0 Å². The Bertz CT molecular complexity index is 795. The summed E-state index contributed by atoms with van der Waals surface area (Å²) in [6, 6.07) is 15.0. The van der Waals surface area contributed by atoms with Crippen LogP contribution in [0.1, 0.15) is 31.4 Å². The third-order valence-electron chi connectivity index (χ3n) is 5.03. The Balaban J connectivity index is 1.77. The van der Waals surface area contributed by atoms with E-state index in [9.17, 15) is 14.0 Å². The fourth-order valence-corrected chi connectivity index (χ4v) is 3.69. The zero-order valence-corrected chi connectivity index (χ0v) is 16.0. The first-order valence-electron chi connectivity index (χ1n) is 9.63. The molecule has 0 radical (unpaired) electrons. The smallest absolute Gasteiger partial charge is 0.246 e. The predicted molar refractivity (Wildman–Crippen MR) is 107 cm³/mol. The van der Waals surface area contributed by atoms with Crippen molar-refractivity contribution in [3.8, 4) is 0 Å². The van der Waals surface area contributed by atoms with Gasteiger partial charge in [0.05, 0.1) is 0 Å². The highest BCUT2D eigenvalue weighted by atomic mass is 19.1. The standard InChI is InChI=1S/C22H26FN3O2/c1-16(27)24-14-17-6-5-13-26(15-17)21(18-7-3-2-4-8-18)22(28)25-20-11-9-19(23)10-12-20/h2-4,7-12,17,21H,5-6,13-15H2,1H3,(H,24,27)(H,25,28). The molecule has 6 heteroatoms. The van der Waals surface area contributed by atoms with Gasteiger partial charge in [-0.15, -0.1) is 0 Å². The molecule has 5 nitrogen and oxygen atoms in total. The Kier molecular flexibility index (Phi) is 6.76. The first-order valence-corrected chi connectivity index (χ1v) is 9.63. The van der Waals surface area contributed by atoms with Crippen LogP contribution in [0.25, 0.3) is 0 Å². The van der Waals surface area contributed by atoms with Crippen LogP contribution in [0.2, 0.25) is 0 Å². The van der Waals surface area contributed by atoms with Crippen LogP contribution < -0.4 is 10.6 Å². The number of hydrogen-bond acceptors (Lipinski definition) is 3. The summed E-state index contributed by atoms with van der Waals surface area (Å²) in [7, 11) is 0. The number of nitrogens with zero attached hydrogens (tertiary/aromatic N) is 1. The van der Waals surface area contributed by atoms with Crippen molar-refractivity contribution in [2.24, 2.45) is 5.92 Å². The Morgan fingerprint density at radius 3 is 2.54 bits per heavy atom. The summed E-state index contributed by atoms with van der Waals surface area (Å²) in [6.07, 6.45) is 2.00. The molecule has 3 rings (SSSR count). The van der Waals surface area contributed by atoms with Crippen molar-refractivity contribution in [2.75, 3.05) is 25.0 Å². The van der Waals surface area contributed by atoms with Gasteiger partial charge in [-0.1, -0.05) is 30.3 Å². The SMILES string of the molecule is CC(=O)NCC1CCCN(C(C(=O)Nc2ccc(F)cc2)c2ccccc2)C1. The van der Waals surface area contributed by atoms with E-state index in [0.29, 0.717) is 18.2 Å². The molecule has 2 atom stereocenters. The van der Waals surface area contributed by atoms with Gasteiger partial charge in [0.15, 0.2) is 0 Å². The number of hydrogen-bond donors (Lipinski definition) is 2. The van der Waals surface area contributed by atoms with E-state index < -0.39 is 6.04 Å². The summed E-state index contributed by atoms with van der Waals surface area (Å²) in [5, 5.41) is 5.80. The van der Waals surface area contributed by atoms with E-state index in [4.69, 9.17) is 0 Å². The van der Waals surface area contributed by atoms with Crippen LogP contribution in [0, 0.1) is 11.7 Å². The van der Waals surface area contributed by atoms with Gasteiger partial charge in [0.1, 0.15) is 11.9 Å². The van der Waals surface area contributed by atoms with Crippen molar-refractivity contribution >= 4 is 17.5 Å². The van der Waals surface area contributed by atoms with Crippen LogP contribution in [0.3, 0.4) is 0 Å². The lowest BCUT2D eigenvalue weighted by Crippen LogP contribution is -2.45. The lowest BCUT2D eigenvalue weighted by Gasteiger charge is -2.37. The van der Waals surface area contributed by atoms with Crippen molar-refractivity contribution in [1.82, 2.24) is 10.2 Å². The van der Waals surface area contributed by atoms with E-state index in [-0.39, 0.29) is 17.6 Å². The zero-order valence-electron chi connectivity index (χ0n) is 16.0. The van der Waals surface area contributed by atoms with Gasteiger partial charge < -0.3 is 10.6 Å². The number of likely N-dealkylation sites (tertiary alicyclic amines) is 1. The molecule has 2 aromatic rings. The number of halogens is 1. The number of anilines is 1. The summed E-state index contributed by atoms with van der Waals surface area (Å²) >= 11 is 0. The van der Waals surface area contributed by atoms with Crippen molar-refractivity contribution in [3.63, 3.8) is 0 Å². The number of benzene rings is 2. The molecular formula is C22H26FN3O2. The van der Waals surface area contributed by atoms with E-state index in [1.807, 2.05) is 30.3 Å². The van der Waals surface area contributed by atoms with Gasteiger partial charge in [0, 0.05) is 25.7 Å². The Morgan fingerprint density at radius 1 is 1.14 bits per heavy atom. The van der Waals surface area contributed by atoms with Gasteiger partial charge in [-0.25, -0.2) is 4.39 Å². The molecule has 148 valence electrons. The van der Waals surface area contributed by atoms with E-state index in [0.717, 1.165) is 31.5 Å². The third kappa shape index (κ3) is 5.39. The fourth-order valence-electron chi connectivity index (χ4n) is 3.69. The highest BCUT2D eigenvalue weighted by molar-refractivity contribution is 5.95. The highest BCUT2D eigenvalue weighted by Gasteiger charge is 2.31. The molecule has 1 aliphatic rings. The number of nitrogens with one attached hydrogen (secondary N) is 2. The van der Waals surface area contributed by atoms with Gasteiger partial charge >= 0.3 is 0 Å². The lowest BCUT2D eigenvalue weighted by atomic mass is 9.94. The summed E-state index contributed by atoms with van der Waals surface area (Å²) in [5.74, 6) is -0.208. The van der Waals surface area contributed by atoms with Crippen LogP contribution in [0.15, 0.2) is 54.6 Å². The molecule has 0 aliphatic carbocycles. The minimum atomic E-state index is -0.439. The summed E-state index contributed by atoms with van der Waals surface area (Å²) in [6.45, 7) is 3.68. The van der Waals surface area contributed by atoms with E-state index in [1.165, 1.54) is 19.1 Å². The number of rotatable bonds is 6. The van der Waals surface area contributed by atoms with E-state index in [2.05, 4.69) is 15.5 Å². The molecule has 1 heterocycles. The molecule has 2 N–H and O–H groups in total. The predicted octanol–water partition coefficient (Wildman–Crippen LogP) is 3.35. The van der Waals surface area contributed by atoms with Crippen molar-refractivity contribution in [2.45, 2.75) is 25.8 Å². The Labute approximate surface area is 164 Å². The van der Waals surface area contributed by atoms with Gasteiger partial charge in [-0.05, 0) is 55.1 Å². The van der Waals surface area contributed by atoms with Crippen LogP contribution in [-0.4, -0.2) is 36.3 Å². The molecule has 1 fully saturated rings. The molecule has 1 saturated heterocycles. The molecule has 1 aliphatic heterocycles. The normalized spacial score (nSPS) is 18.3.